The molecule has 0 aromatic carbocycles. The smallest absolute Gasteiger partial charge is 0.0833 e. The largest absolute Gasteiger partial charge is 0.0963 e. The first-order chi connectivity index (χ1) is 2.21. The van der Waals surface area contributed by atoms with Crippen molar-refractivity contribution in [2.45, 2.75) is 19.1 Å². The van der Waals surface area contributed by atoms with Crippen LogP contribution in [0.2, 0.25) is 5.21 Å². The molecule has 1 heterocycles. The van der Waals surface area contributed by atoms with Crippen molar-refractivity contribution in [1.82, 2.24) is 0 Å². The van der Waals surface area contributed by atoms with Crippen molar-refractivity contribution in [3.05, 3.63) is 0 Å². The Morgan fingerprint density at radius 2 is 1.40 bits per heavy atom. The van der Waals surface area contributed by atoms with Gasteiger partial charge in [0.25, 0.3) is 0 Å². The van der Waals surface area contributed by atoms with Crippen LogP contribution in [0, 0.1) is 0 Å². The standard InChI is InChI=1S/C3H8B2/c1-3(2)4-5-3/h4-5H,1-2H3. The van der Waals surface area contributed by atoms with E-state index in [1.54, 1.807) is 0 Å². The van der Waals surface area contributed by atoms with Gasteiger partial charge in [-0.2, -0.15) is 0 Å². The minimum atomic E-state index is 0.750. The molecule has 0 aromatic heterocycles. The maximum atomic E-state index is 2.30. The lowest BCUT2D eigenvalue weighted by Crippen LogP contribution is -1.72. The number of hydrogen-bond donors (Lipinski definition) is 0. The summed E-state index contributed by atoms with van der Waals surface area (Å²) < 4.78 is 0. The third kappa shape index (κ3) is 0.712. The predicted octanol–water partition coefficient (Wildman–Crippen LogP) is -0.0560. The number of hydrogen-bond acceptors (Lipinski definition) is 0. The highest BCUT2D eigenvalue weighted by Gasteiger charge is 2.33. The maximum absolute atomic E-state index is 2.30. The summed E-state index contributed by atoms with van der Waals surface area (Å²) in [6, 6.07) is 0. The zero-order valence-electron chi connectivity index (χ0n) is 3.91. The Morgan fingerprint density at radius 1 is 1.20 bits per heavy atom. The second-order valence-corrected chi connectivity index (χ2v) is 2.66. The van der Waals surface area contributed by atoms with Crippen molar-refractivity contribution in [1.29, 1.82) is 0 Å². The molecule has 0 bridgehead atoms. The van der Waals surface area contributed by atoms with E-state index in [9.17, 15) is 0 Å². The molecule has 5 heavy (non-hydrogen) atoms. The molecule has 1 aliphatic heterocycles. The lowest BCUT2D eigenvalue weighted by atomic mass is 9.81. The quantitative estimate of drug-likeness (QED) is 0.347. The second-order valence-electron chi connectivity index (χ2n) is 2.66. The molecule has 0 aromatic rings. The molecular formula is C3H8B2. The van der Waals surface area contributed by atoms with E-state index in [2.05, 4.69) is 13.8 Å². The average Bonchev–Trinajstić information content (AvgIpc) is 1.76. The number of rotatable bonds is 0. The predicted molar refractivity (Wildman–Crippen MR) is 28.3 cm³/mol. The monoisotopic (exact) mass is 66.1 g/mol. The highest BCUT2D eigenvalue weighted by atomic mass is 14.0. The van der Waals surface area contributed by atoms with Gasteiger partial charge in [-0.1, -0.05) is 19.1 Å². The SMILES string of the molecule is CC1(C)BB1. The summed E-state index contributed by atoms with van der Waals surface area (Å²) in [5, 5.41) is 0.750. The van der Waals surface area contributed by atoms with Crippen LogP contribution in [-0.4, -0.2) is 14.3 Å². The van der Waals surface area contributed by atoms with Crippen LogP contribution in [0.15, 0.2) is 0 Å². The van der Waals surface area contributed by atoms with Gasteiger partial charge < -0.3 is 0 Å². The van der Waals surface area contributed by atoms with Crippen LogP contribution in [0.3, 0.4) is 0 Å². The molecule has 0 amide bonds. The van der Waals surface area contributed by atoms with Gasteiger partial charge in [-0.3, -0.25) is 0 Å². The molecule has 1 fully saturated rings. The molecule has 0 spiro atoms. The van der Waals surface area contributed by atoms with Gasteiger partial charge in [0.1, 0.15) is 0 Å². The molecule has 0 atom stereocenters. The van der Waals surface area contributed by atoms with E-state index in [0.29, 0.717) is 0 Å². The molecular weight excluding hydrogens is 57.7 g/mol. The minimum Gasteiger partial charge on any atom is -0.0963 e. The topological polar surface area (TPSA) is 0 Å². The van der Waals surface area contributed by atoms with Crippen molar-refractivity contribution >= 4 is 14.3 Å². The molecule has 0 saturated carbocycles. The maximum Gasteiger partial charge on any atom is 0.0833 e. The van der Waals surface area contributed by atoms with E-state index in [1.165, 1.54) is 14.3 Å². The fraction of sp³-hybridized carbons (Fsp3) is 1.00. The summed E-state index contributed by atoms with van der Waals surface area (Å²) in [4.78, 5) is 0. The summed E-state index contributed by atoms with van der Waals surface area (Å²) in [6.07, 6.45) is 0. The van der Waals surface area contributed by atoms with Gasteiger partial charge >= 0.3 is 0 Å². The van der Waals surface area contributed by atoms with Crippen molar-refractivity contribution in [3.63, 3.8) is 0 Å². The van der Waals surface area contributed by atoms with Gasteiger partial charge in [0.05, 0.1) is 14.3 Å². The van der Waals surface area contributed by atoms with Crippen LogP contribution in [0.5, 0.6) is 0 Å². The summed E-state index contributed by atoms with van der Waals surface area (Å²) in [5.41, 5.74) is 0. The van der Waals surface area contributed by atoms with Gasteiger partial charge in [0, 0.05) is 0 Å². The summed E-state index contributed by atoms with van der Waals surface area (Å²) in [7, 11) is 2.90. The fourth-order valence-electron chi connectivity index (χ4n) is 0.250. The van der Waals surface area contributed by atoms with E-state index in [-0.39, 0.29) is 0 Å². The van der Waals surface area contributed by atoms with Crippen LogP contribution < -0.4 is 0 Å². The highest BCUT2D eigenvalue weighted by molar-refractivity contribution is 7.24. The zero-order valence-corrected chi connectivity index (χ0v) is 3.91. The van der Waals surface area contributed by atoms with Crippen LogP contribution in [-0.2, 0) is 0 Å². The molecule has 0 radical (unpaired) electrons. The zero-order chi connectivity index (χ0) is 3.91. The van der Waals surface area contributed by atoms with Gasteiger partial charge in [-0.25, -0.2) is 0 Å². The molecule has 1 saturated heterocycles. The van der Waals surface area contributed by atoms with E-state index in [4.69, 9.17) is 0 Å². The van der Waals surface area contributed by atoms with E-state index >= 15 is 0 Å². The second kappa shape index (κ2) is 0.612. The Morgan fingerprint density at radius 3 is 1.40 bits per heavy atom. The third-order valence-corrected chi connectivity index (χ3v) is 1.25. The Bertz CT molecular complexity index is 42.9. The van der Waals surface area contributed by atoms with Gasteiger partial charge in [0.2, 0.25) is 0 Å². The normalized spacial score (nSPS) is 26.8. The van der Waals surface area contributed by atoms with Crippen molar-refractivity contribution in [2.75, 3.05) is 0 Å². The van der Waals surface area contributed by atoms with Crippen LogP contribution in [0.1, 0.15) is 13.8 Å². The highest BCUT2D eigenvalue weighted by Crippen LogP contribution is 2.32. The Balaban J connectivity index is 2.38. The Labute approximate surface area is 34.4 Å². The average molecular weight is 65.7 g/mol. The molecule has 2 heteroatoms. The Kier molecular flexibility index (Phi) is 0.407. The van der Waals surface area contributed by atoms with Gasteiger partial charge in [-0.05, 0) is 0 Å². The van der Waals surface area contributed by atoms with E-state index in [1.807, 2.05) is 0 Å². The molecule has 0 N–H and O–H groups in total. The minimum absolute atomic E-state index is 0.750. The third-order valence-electron chi connectivity index (χ3n) is 1.25. The molecule has 1 rings (SSSR count). The first kappa shape index (κ1) is 3.32. The van der Waals surface area contributed by atoms with Crippen LogP contribution >= 0.6 is 0 Å². The van der Waals surface area contributed by atoms with Crippen molar-refractivity contribution < 1.29 is 0 Å². The van der Waals surface area contributed by atoms with Crippen molar-refractivity contribution in [2.24, 2.45) is 0 Å². The molecule has 26 valence electrons. The van der Waals surface area contributed by atoms with Crippen LogP contribution in [0.25, 0.3) is 0 Å². The molecule has 0 aliphatic carbocycles. The molecule has 0 nitrogen and oxygen atoms in total. The summed E-state index contributed by atoms with van der Waals surface area (Å²) >= 11 is 0. The molecule has 0 unspecified atom stereocenters. The van der Waals surface area contributed by atoms with Crippen LogP contribution in [0.4, 0.5) is 0 Å². The summed E-state index contributed by atoms with van der Waals surface area (Å²) in [5.74, 6) is 0. The lowest BCUT2D eigenvalue weighted by molar-refractivity contribution is 1.01. The lowest BCUT2D eigenvalue weighted by Gasteiger charge is -1.88. The first-order valence-corrected chi connectivity index (χ1v) is 2.21. The summed E-state index contributed by atoms with van der Waals surface area (Å²) in [6.45, 7) is 4.60. The first-order valence-electron chi connectivity index (χ1n) is 2.21. The molecule has 1 aliphatic rings. The Hall–Kier alpha value is 0.130. The van der Waals surface area contributed by atoms with Crippen molar-refractivity contribution in [3.8, 4) is 0 Å². The van der Waals surface area contributed by atoms with Gasteiger partial charge in [0.15, 0.2) is 0 Å². The van der Waals surface area contributed by atoms with Gasteiger partial charge in [-0.15, -0.1) is 0 Å². The van der Waals surface area contributed by atoms with E-state index in [0.717, 1.165) is 5.21 Å². The fourth-order valence-corrected chi connectivity index (χ4v) is 0.250. The van der Waals surface area contributed by atoms with E-state index < -0.39 is 0 Å².